The number of carbonyl (C=O) groups is 1. The number of carbonyl (C=O) groups excluding carboxylic acids is 1. The number of nitrogens with zero attached hydrogens (tertiary/aromatic N) is 1. The lowest BCUT2D eigenvalue weighted by Crippen LogP contribution is -2.44. The first-order valence-corrected chi connectivity index (χ1v) is 9.66. The summed E-state index contributed by atoms with van der Waals surface area (Å²) in [6, 6.07) is -0.781. The van der Waals surface area contributed by atoms with Gasteiger partial charge in [-0.1, -0.05) is 0 Å². The first-order valence-electron chi connectivity index (χ1n) is 6.62. The SMILES string of the molecule is CCS(=O)(=O)NC(CCSC)C(=O)Nc1c(C)n[nH]c1C. The van der Waals surface area contributed by atoms with Crippen molar-refractivity contribution in [1.82, 2.24) is 14.9 Å². The smallest absolute Gasteiger partial charge is 0.242 e. The molecular formula is C12H22N4O3S2. The minimum absolute atomic E-state index is 0.0557. The van der Waals surface area contributed by atoms with Gasteiger partial charge in [0.1, 0.15) is 6.04 Å². The maximum Gasteiger partial charge on any atom is 0.242 e. The van der Waals surface area contributed by atoms with Crippen molar-refractivity contribution in [3.63, 3.8) is 0 Å². The van der Waals surface area contributed by atoms with E-state index in [1.54, 1.807) is 25.6 Å². The molecule has 7 nitrogen and oxygen atoms in total. The molecule has 21 heavy (non-hydrogen) atoms. The number of sulfonamides is 1. The van der Waals surface area contributed by atoms with Gasteiger partial charge in [0, 0.05) is 0 Å². The van der Waals surface area contributed by atoms with Gasteiger partial charge >= 0.3 is 0 Å². The summed E-state index contributed by atoms with van der Waals surface area (Å²) in [4.78, 5) is 12.3. The van der Waals surface area contributed by atoms with Crippen LogP contribution in [0, 0.1) is 13.8 Å². The number of hydrogen-bond acceptors (Lipinski definition) is 5. The van der Waals surface area contributed by atoms with Gasteiger partial charge in [-0.2, -0.15) is 16.9 Å². The summed E-state index contributed by atoms with van der Waals surface area (Å²) in [6.07, 6.45) is 2.34. The van der Waals surface area contributed by atoms with Gasteiger partial charge in [0.25, 0.3) is 0 Å². The van der Waals surface area contributed by atoms with E-state index in [-0.39, 0.29) is 11.7 Å². The van der Waals surface area contributed by atoms with E-state index in [4.69, 9.17) is 0 Å². The minimum atomic E-state index is -3.44. The summed E-state index contributed by atoms with van der Waals surface area (Å²) in [5.41, 5.74) is 2.01. The van der Waals surface area contributed by atoms with E-state index in [0.717, 1.165) is 5.69 Å². The summed E-state index contributed by atoms with van der Waals surface area (Å²) in [7, 11) is -3.44. The molecule has 1 heterocycles. The minimum Gasteiger partial charge on any atom is -0.322 e. The fourth-order valence-electron chi connectivity index (χ4n) is 1.72. The van der Waals surface area contributed by atoms with E-state index in [1.165, 1.54) is 6.92 Å². The summed E-state index contributed by atoms with van der Waals surface area (Å²) in [5, 5.41) is 9.52. The van der Waals surface area contributed by atoms with E-state index < -0.39 is 16.1 Å². The molecule has 0 fully saturated rings. The number of amides is 1. The average molecular weight is 334 g/mol. The van der Waals surface area contributed by atoms with Crippen molar-refractivity contribution in [1.29, 1.82) is 0 Å². The van der Waals surface area contributed by atoms with Crippen molar-refractivity contribution < 1.29 is 13.2 Å². The van der Waals surface area contributed by atoms with Gasteiger partial charge in [-0.3, -0.25) is 9.89 Å². The van der Waals surface area contributed by atoms with Crippen LogP contribution >= 0.6 is 11.8 Å². The van der Waals surface area contributed by atoms with Crippen LogP contribution in [-0.4, -0.2) is 48.3 Å². The molecule has 0 bridgehead atoms. The summed E-state index contributed by atoms with van der Waals surface area (Å²) >= 11 is 1.56. The molecule has 0 aliphatic heterocycles. The zero-order chi connectivity index (χ0) is 16.0. The quantitative estimate of drug-likeness (QED) is 0.658. The summed E-state index contributed by atoms with van der Waals surface area (Å²) in [5.74, 6) is 0.265. The van der Waals surface area contributed by atoms with Crippen molar-refractivity contribution in [2.45, 2.75) is 33.2 Å². The van der Waals surface area contributed by atoms with E-state index in [0.29, 0.717) is 23.6 Å². The average Bonchev–Trinajstić information content (AvgIpc) is 2.75. The zero-order valence-corrected chi connectivity index (χ0v) is 14.3. The Labute approximate surface area is 129 Å². The number of anilines is 1. The third-order valence-electron chi connectivity index (χ3n) is 3.01. The van der Waals surface area contributed by atoms with Crippen LogP contribution in [-0.2, 0) is 14.8 Å². The molecule has 0 aliphatic carbocycles. The molecule has 0 aromatic carbocycles. The normalized spacial score (nSPS) is 13.1. The Morgan fingerprint density at radius 3 is 2.57 bits per heavy atom. The van der Waals surface area contributed by atoms with Crippen LogP contribution in [0.15, 0.2) is 0 Å². The second-order valence-electron chi connectivity index (χ2n) is 4.65. The number of H-pyrrole nitrogens is 1. The Morgan fingerprint density at radius 2 is 2.10 bits per heavy atom. The van der Waals surface area contributed by atoms with E-state index in [2.05, 4.69) is 20.2 Å². The molecule has 0 radical (unpaired) electrons. The number of hydrogen-bond donors (Lipinski definition) is 3. The van der Waals surface area contributed by atoms with Gasteiger partial charge in [-0.15, -0.1) is 0 Å². The second kappa shape index (κ2) is 7.81. The molecule has 1 atom stereocenters. The number of thioether (sulfide) groups is 1. The Hall–Kier alpha value is -1.06. The highest BCUT2D eigenvalue weighted by molar-refractivity contribution is 7.98. The number of aromatic nitrogens is 2. The first kappa shape index (κ1) is 18.0. The number of rotatable bonds is 8. The van der Waals surface area contributed by atoms with Gasteiger partial charge in [-0.25, -0.2) is 13.1 Å². The van der Waals surface area contributed by atoms with E-state index in [1.807, 2.05) is 6.26 Å². The lowest BCUT2D eigenvalue weighted by molar-refractivity contribution is -0.117. The van der Waals surface area contributed by atoms with Crippen LogP contribution in [0.1, 0.15) is 24.7 Å². The maximum atomic E-state index is 12.3. The summed E-state index contributed by atoms with van der Waals surface area (Å²) in [6.45, 7) is 5.10. The second-order valence-corrected chi connectivity index (χ2v) is 7.68. The first-order chi connectivity index (χ1) is 9.80. The van der Waals surface area contributed by atoms with Gasteiger partial charge < -0.3 is 5.32 Å². The van der Waals surface area contributed by atoms with Crippen molar-refractivity contribution in [2.24, 2.45) is 0 Å². The highest BCUT2D eigenvalue weighted by Gasteiger charge is 2.24. The van der Waals surface area contributed by atoms with Crippen molar-refractivity contribution in [2.75, 3.05) is 23.1 Å². The number of nitrogens with one attached hydrogen (secondary N) is 3. The molecule has 3 N–H and O–H groups in total. The van der Waals surface area contributed by atoms with Crippen LogP contribution < -0.4 is 10.0 Å². The number of aromatic amines is 1. The molecule has 0 aliphatic rings. The standard InChI is InChI=1S/C12H22N4O3S2/c1-5-21(18,19)16-10(6-7-20-4)12(17)13-11-8(2)14-15-9(11)3/h10,16H,5-7H2,1-4H3,(H,13,17)(H,14,15). The van der Waals surface area contributed by atoms with Crippen molar-refractivity contribution in [3.8, 4) is 0 Å². The monoisotopic (exact) mass is 334 g/mol. The van der Waals surface area contributed by atoms with Crippen LogP contribution in [0.5, 0.6) is 0 Å². The molecule has 0 spiro atoms. The van der Waals surface area contributed by atoms with Crippen LogP contribution in [0.25, 0.3) is 0 Å². The van der Waals surface area contributed by atoms with Gasteiger partial charge in [0.2, 0.25) is 15.9 Å². The molecule has 1 aromatic heterocycles. The van der Waals surface area contributed by atoms with Gasteiger partial charge in [0.05, 0.1) is 22.8 Å². The third kappa shape index (κ3) is 5.33. The molecule has 1 unspecified atom stereocenters. The largest absolute Gasteiger partial charge is 0.322 e. The fourth-order valence-corrected chi connectivity index (χ4v) is 3.02. The van der Waals surface area contributed by atoms with E-state index in [9.17, 15) is 13.2 Å². The van der Waals surface area contributed by atoms with Gasteiger partial charge in [-0.05, 0) is 39.2 Å². The molecular weight excluding hydrogens is 312 g/mol. The summed E-state index contributed by atoms with van der Waals surface area (Å²) < 4.78 is 25.8. The highest BCUT2D eigenvalue weighted by Crippen LogP contribution is 2.17. The Balaban J connectivity index is 2.85. The molecule has 1 rings (SSSR count). The number of aryl methyl sites for hydroxylation is 2. The predicted molar refractivity (Wildman–Crippen MR) is 86.1 cm³/mol. The molecule has 0 saturated carbocycles. The zero-order valence-electron chi connectivity index (χ0n) is 12.7. The lowest BCUT2D eigenvalue weighted by Gasteiger charge is -2.17. The van der Waals surface area contributed by atoms with Gasteiger partial charge in [0.15, 0.2) is 0 Å². The molecule has 120 valence electrons. The molecule has 9 heteroatoms. The lowest BCUT2D eigenvalue weighted by atomic mass is 10.2. The van der Waals surface area contributed by atoms with Crippen LogP contribution in [0.3, 0.4) is 0 Å². The Bertz CT molecular complexity index is 564. The third-order valence-corrected chi connectivity index (χ3v) is 5.05. The molecule has 0 saturated heterocycles. The van der Waals surface area contributed by atoms with Crippen molar-refractivity contribution in [3.05, 3.63) is 11.4 Å². The Kier molecular flexibility index (Phi) is 6.69. The highest BCUT2D eigenvalue weighted by atomic mass is 32.2. The molecule has 1 amide bonds. The van der Waals surface area contributed by atoms with Crippen LogP contribution in [0.4, 0.5) is 5.69 Å². The fraction of sp³-hybridized carbons (Fsp3) is 0.667. The predicted octanol–water partition coefficient (Wildman–Crippen LogP) is 1.03. The maximum absolute atomic E-state index is 12.3. The molecule has 1 aromatic rings. The Morgan fingerprint density at radius 1 is 1.43 bits per heavy atom. The topological polar surface area (TPSA) is 104 Å². The van der Waals surface area contributed by atoms with Crippen molar-refractivity contribution >= 4 is 33.4 Å². The van der Waals surface area contributed by atoms with Crippen LogP contribution in [0.2, 0.25) is 0 Å². The van der Waals surface area contributed by atoms with E-state index >= 15 is 0 Å².